The fraction of sp³-hybridized carbons (Fsp3) is 0.538. The highest BCUT2D eigenvalue weighted by Gasteiger charge is 2.05. The normalized spacial score (nSPS) is 11.4. The third-order valence-electron chi connectivity index (χ3n) is 2.24. The number of terminal acetylenes is 1. The minimum atomic E-state index is 0.465. The smallest absolute Gasteiger partial charge is 0.192 e. The minimum absolute atomic E-state index is 0.465. The lowest BCUT2D eigenvalue weighted by Gasteiger charge is -2.07. The van der Waals surface area contributed by atoms with Gasteiger partial charge in [0.1, 0.15) is 5.01 Å². The molecule has 0 saturated heterocycles. The van der Waals surface area contributed by atoms with E-state index in [1.807, 2.05) is 6.92 Å². The molecule has 5 heteroatoms. The van der Waals surface area contributed by atoms with Crippen LogP contribution in [-0.4, -0.2) is 24.0 Å². The van der Waals surface area contributed by atoms with E-state index in [4.69, 9.17) is 6.42 Å². The van der Waals surface area contributed by atoms with E-state index in [1.54, 1.807) is 11.3 Å². The number of nitrogens with zero attached hydrogens (tertiary/aromatic N) is 2. The van der Waals surface area contributed by atoms with Gasteiger partial charge in [0, 0.05) is 11.9 Å². The summed E-state index contributed by atoms with van der Waals surface area (Å²) in [7, 11) is 0. The zero-order valence-corrected chi connectivity index (χ0v) is 12.0. The van der Waals surface area contributed by atoms with Crippen molar-refractivity contribution in [1.29, 1.82) is 0 Å². The molecule has 0 atom stereocenters. The van der Waals surface area contributed by atoms with Gasteiger partial charge < -0.3 is 10.6 Å². The first-order valence-electron chi connectivity index (χ1n) is 6.07. The Morgan fingerprint density at radius 3 is 2.89 bits per heavy atom. The van der Waals surface area contributed by atoms with E-state index in [1.165, 1.54) is 0 Å². The van der Waals surface area contributed by atoms with Crippen molar-refractivity contribution >= 4 is 17.3 Å². The molecule has 0 spiro atoms. The van der Waals surface area contributed by atoms with Gasteiger partial charge in [-0.05, 0) is 12.8 Å². The summed E-state index contributed by atoms with van der Waals surface area (Å²) in [6.07, 6.45) is 5.21. The van der Waals surface area contributed by atoms with Crippen LogP contribution in [0.1, 0.15) is 37.4 Å². The van der Waals surface area contributed by atoms with Crippen LogP contribution in [0.3, 0.4) is 0 Å². The van der Waals surface area contributed by atoms with E-state index in [0.717, 1.165) is 23.2 Å². The predicted octanol–water partition coefficient (Wildman–Crippen LogP) is 1.95. The van der Waals surface area contributed by atoms with Crippen molar-refractivity contribution < 1.29 is 0 Å². The molecule has 1 heterocycles. The zero-order valence-electron chi connectivity index (χ0n) is 11.2. The summed E-state index contributed by atoms with van der Waals surface area (Å²) >= 11 is 1.65. The molecule has 98 valence electrons. The highest BCUT2D eigenvalue weighted by Crippen LogP contribution is 2.18. The Kier molecular flexibility index (Phi) is 6.23. The predicted molar refractivity (Wildman–Crippen MR) is 77.9 cm³/mol. The molecule has 0 fully saturated rings. The van der Waals surface area contributed by atoms with Crippen LogP contribution in [0.25, 0.3) is 0 Å². The molecule has 1 aromatic heterocycles. The van der Waals surface area contributed by atoms with Gasteiger partial charge in [-0.1, -0.05) is 19.8 Å². The quantitative estimate of drug-likeness (QED) is 0.485. The van der Waals surface area contributed by atoms with Crippen molar-refractivity contribution in [3.05, 3.63) is 16.1 Å². The number of aliphatic imine (C=N–C) groups is 1. The number of rotatable bonds is 5. The lowest BCUT2D eigenvalue weighted by molar-refractivity contribution is 0.816. The van der Waals surface area contributed by atoms with E-state index in [9.17, 15) is 0 Å². The van der Waals surface area contributed by atoms with Gasteiger partial charge in [-0.2, -0.15) is 0 Å². The second-order valence-electron chi connectivity index (χ2n) is 4.07. The van der Waals surface area contributed by atoms with Crippen molar-refractivity contribution in [1.82, 2.24) is 15.6 Å². The lowest BCUT2D eigenvalue weighted by Crippen LogP contribution is -2.37. The van der Waals surface area contributed by atoms with Gasteiger partial charge in [-0.15, -0.1) is 17.8 Å². The third-order valence-corrected chi connectivity index (χ3v) is 3.09. The van der Waals surface area contributed by atoms with Gasteiger partial charge >= 0.3 is 0 Å². The first-order chi connectivity index (χ1) is 8.67. The van der Waals surface area contributed by atoms with E-state index < -0.39 is 0 Å². The summed E-state index contributed by atoms with van der Waals surface area (Å²) in [4.78, 5) is 8.98. The first kappa shape index (κ1) is 14.5. The molecule has 0 unspecified atom stereocenters. The monoisotopic (exact) mass is 264 g/mol. The Bertz CT molecular complexity index is 428. The maximum atomic E-state index is 5.21. The van der Waals surface area contributed by atoms with Gasteiger partial charge in [0.15, 0.2) is 5.96 Å². The molecule has 4 nitrogen and oxygen atoms in total. The molecule has 0 aliphatic carbocycles. The van der Waals surface area contributed by atoms with Crippen LogP contribution < -0.4 is 10.6 Å². The molecule has 0 radical (unpaired) electrons. The molecule has 0 aliphatic rings. The van der Waals surface area contributed by atoms with Crippen LogP contribution in [0, 0.1) is 12.3 Å². The molecular formula is C13H20N4S. The average Bonchev–Trinajstić information content (AvgIpc) is 2.81. The van der Waals surface area contributed by atoms with Gasteiger partial charge in [0.05, 0.1) is 18.8 Å². The molecule has 2 N–H and O–H groups in total. The molecule has 1 rings (SSSR count). The summed E-state index contributed by atoms with van der Waals surface area (Å²) in [5.41, 5.74) is 1.13. The maximum absolute atomic E-state index is 5.21. The highest BCUT2D eigenvalue weighted by atomic mass is 32.1. The van der Waals surface area contributed by atoms with Crippen LogP contribution in [0.15, 0.2) is 10.4 Å². The van der Waals surface area contributed by atoms with E-state index >= 15 is 0 Å². The standard InChI is InChI=1S/C13H20N4S/c1-5-7-15-13(14-6-2)16-8-12-17-11(9-18-12)10(3)4/h1,9-10H,6-8H2,2-4H3,(H2,14,15,16). The number of guanidine groups is 1. The molecule has 0 aromatic carbocycles. The number of thiazole rings is 1. The summed E-state index contributed by atoms with van der Waals surface area (Å²) < 4.78 is 0. The van der Waals surface area contributed by atoms with Crippen LogP contribution in [-0.2, 0) is 6.54 Å². The van der Waals surface area contributed by atoms with E-state index in [0.29, 0.717) is 19.0 Å². The number of aromatic nitrogens is 1. The fourth-order valence-electron chi connectivity index (χ4n) is 1.29. The molecule has 0 bridgehead atoms. The molecule has 0 amide bonds. The van der Waals surface area contributed by atoms with Gasteiger partial charge in [-0.3, -0.25) is 0 Å². The van der Waals surface area contributed by atoms with Gasteiger partial charge in [0.2, 0.25) is 0 Å². The van der Waals surface area contributed by atoms with Gasteiger partial charge in [-0.25, -0.2) is 9.98 Å². The fourth-order valence-corrected chi connectivity index (χ4v) is 2.16. The third kappa shape index (κ3) is 4.76. The Morgan fingerprint density at radius 1 is 1.56 bits per heavy atom. The first-order valence-corrected chi connectivity index (χ1v) is 6.95. The van der Waals surface area contributed by atoms with Crippen LogP contribution in [0.4, 0.5) is 0 Å². The Balaban J connectivity index is 2.60. The second-order valence-corrected chi connectivity index (χ2v) is 5.02. The molecule has 1 aromatic rings. The molecule has 0 aliphatic heterocycles. The van der Waals surface area contributed by atoms with Crippen molar-refractivity contribution in [3.63, 3.8) is 0 Å². The van der Waals surface area contributed by atoms with Crippen molar-refractivity contribution in [3.8, 4) is 12.3 Å². The lowest BCUT2D eigenvalue weighted by atomic mass is 10.2. The molecule has 0 saturated carbocycles. The largest absolute Gasteiger partial charge is 0.357 e. The highest BCUT2D eigenvalue weighted by molar-refractivity contribution is 7.09. The number of hydrogen-bond donors (Lipinski definition) is 2. The van der Waals surface area contributed by atoms with E-state index in [-0.39, 0.29) is 0 Å². The van der Waals surface area contributed by atoms with Crippen molar-refractivity contribution in [2.75, 3.05) is 13.1 Å². The zero-order chi connectivity index (χ0) is 13.4. The summed E-state index contributed by atoms with van der Waals surface area (Å²) in [5, 5.41) is 9.31. The van der Waals surface area contributed by atoms with Crippen LogP contribution in [0.5, 0.6) is 0 Å². The van der Waals surface area contributed by atoms with Crippen LogP contribution >= 0.6 is 11.3 Å². The Morgan fingerprint density at radius 2 is 2.33 bits per heavy atom. The van der Waals surface area contributed by atoms with Crippen molar-refractivity contribution in [2.45, 2.75) is 33.2 Å². The van der Waals surface area contributed by atoms with Crippen molar-refractivity contribution in [2.24, 2.45) is 4.99 Å². The topological polar surface area (TPSA) is 49.3 Å². The average molecular weight is 264 g/mol. The number of hydrogen-bond acceptors (Lipinski definition) is 3. The molecule has 18 heavy (non-hydrogen) atoms. The Labute approximate surface area is 113 Å². The van der Waals surface area contributed by atoms with Crippen LogP contribution in [0.2, 0.25) is 0 Å². The molecular weight excluding hydrogens is 244 g/mol. The maximum Gasteiger partial charge on any atom is 0.192 e. The summed E-state index contributed by atoms with van der Waals surface area (Å²) in [5.74, 6) is 3.73. The second kappa shape index (κ2) is 7.72. The number of nitrogens with one attached hydrogen (secondary N) is 2. The SMILES string of the molecule is C#CCNC(=NCc1nc(C(C)C)cs1)NCC. The summed E-state index contributed by atoms with van der Waals surface area (Å²) in [6, 6.07) is 0. The van der Waals surface area contributed by atoms with Gasteiger partial charge in [0.25, 0.3) is 0 Å². The minimum Gasteiger partial charge on any atom is -0.357 e. The summed E-state index contributed by atoms with van der Waals surface area (Å²) in [6.45, 7) is 8.17. The Hall–Kier alpha value is -1.54. The van der Waals surface area contributed by atoms with E-state index in [2.05, 4.69) is 45.8 Å².